The van der Waals surface area contributed by atoms with Gasteiger partial charge in [0.05, 0.1) is 24.6 Å². The van der Waals surface area contributed by atoms with Crippen LogP contribution >= 0.6 is 11.6 Å². The summed E-state index contributed by atoms with van der Waals surface area (Å²) in [6, 6.07) is 22.7. The number of aliphatic imine (C=N–C) groups is 1. The highest BCUT2D eigenvalue weighted by Crippen LogP contribution is 2.37. The van der Waals surface area contributed by atoms with Crippen LogP contribution in [0.15, 0.2) is 77.8 Å². The first kappa shape index (κ1) is 29.0. The van der Waals surface area contributed by atoms with Crippen molar-refractivity contribution in [3.8, 4) is 0 Å². The van der Waals surface area contributed by atoms with Gasteiger partial charge in [-0.25, -0.2) is 0 Å². The Morgan fingerprint density at radius 2 is 1.73 bits per heavy atom. The number of likely N-dealkylation sites (N-methyl/N-ethyl adjacent to an activating group) is 1. The molecule has 5 rings (SSSR count). The van der Waals surface area contributed by atoms with Crippen molar-refractivity contribution >= 4 is 46.2 Å². The molecule has 2 aliphatic heterocycles. The normalized spacial score (nSPS) is 17.8. The maximum atomic E-state index is 13.1. The molecule has 3 aromatic carbocycles. The number of rotatable bonds is 10. The molecule has 3 aromatic rings. The minimum absolute atomic E-state index is 0.0480. The van der Waals surface area contributed by atoms with E-state index in [1.807, 2.05) is 67.6 Å². The predicted molar refractivity (Wildman–Crippen MR) is 165 cm³/mol. The molecule has 0 spiro atoms. The number of fused-ring (bicyclic) bond motifs is 1. The van der Waals surface area contributed by atoms with Gasteiger partial charge >= 0.3 is 0 Å². The molecule has 1 atom stereocenters. The van der Waals surface area contributed by atoms with Crippen LogP contribution in [-0.2, 0) is 14.3 Å². The highest BCUT2D eigenvalue weighted by Gasteiger charge is 2.35. The molecule has 214 valence electrons. The van der Waals surface area contributed by atoms with E-state index < -0.39 is 5.92 Å². The Labute approximate surface area is 246 Å². The maximum absolute atomic E-state index is 13.1. The van der Waals surface area contributed by atoms with Crippen LogP contribution in [0.25, 0.3) is 0 Å². The molecule has 0 bridgehead atoms. The number of nitrogens with zero attached hydrogens (tertiary/aromatic N) is 4. The lowest BCUT2D eigenvalue weighted by Crippen LogP contribution is -2.50. The number of ether oxygens (including phenoxy) is 1. The van der Waals surface area contributed by atoms with Crippen LogP contribution < -0.4 is 10.2 Å². The van der Waals surface area contributed by atoms with Crippen molar-refractivity contribution in [2.75, 3.05) is 69.7 Å². The molecule has 1 N–H and O–H groups in total. The maximum Gasteiger partial charge on any atom is 0.240 e. The average Bonchev–Trinajstić information content (AvgIpc) is 3.31. The molecule has 8 nitrogen and oxygen atoms in total. The molecule has 0 aromatic heterocycles. The Hall–Kier alpha value is -3.56. The van der Waals surface area contributed by atoms with Gasteiger partial charge in [-0.2, -0.15) is 0 Å². The van der Waals surface area contributed by atoms with Gasteiger partial charge in [0.2, 0.25) is 11.8 Å². The standard InChI is InChI=1S/C32H36ClN5O3/c1-3-41-20-19-37-15-17-38(18-16-37)22-29(39)36(2)26-12-10-25(11-13-26)34-31(23-7-5-4-6-8-23)30-27-14-9-24(33)21-28(27)35-32(30)40/h4-14,21,30H,3,15-20,22H2,1-2H3,(H,35,40). The number of hydrogen-bond acceptors (Lipinski definition) is 6. The number of hydrogen-bond donors (Lipinski definition) is 1. The number of halogens is 1. The summed E-state index contributed by atoms with van der Waals surface area (Å²) in [5, 5.41) is 3.51. The van der Waals surface area contributed by atoms with E-state index in [-0.39, 0.29) is 11.8 Å². The molecule has 2 amide bonds. The van der Waals surface area contributed by atoms with E-state index in [1.54, 1.807) is 24.1 Å². The molecule has 41 heavy (non-hydrogen) atoms. The summed E-state index contributed by atoms with van der Waals surface area (Å²) >= 11 is 6.17. The number of amides is 2. The Kier molecular flexibility index (Phi) is 9.46. The third-order valence-electron chi connectivity index (χ3n) is 7.63. The number of carbonyl (C=O) groups is 2. The van der Waals surface area contributed by atoms with Crippen molar-refractivity contribution in [1.82, 2.24) is 9.80 Å². The van der Waals surface area contributed by atoms with Gasteiger partial charge in [-0.05, 0) is 54.4 Å². The highest BCUT2D eigenvalue weighted by atomic mass is 35.5. The van der Waals surface area contributed by atoms with E-state index in [2.05, 4.69) is 15.1 Å². The fourth-order valence-corrected chi connectivity index (χ4v) is 5.42. The third-order valence-corrected chi connectivity index (χ3v) is 7.86. The lowest BCUT2D eigenvalue weighted by Gasteiger charge is -2.34. The van der Waals surface area contributed by atoms with Gasteiger partial charge < -0.3 is 15.0 Å². The summed E-state index contributed by atoms with van der Waals surface area (Å²) in [6.45, 7) is 8.43. The predicted octanol–water partition coefficient (Wildman–Crippen LogP) is 4.81. The van der Waals surface area contributed by atoms with Gasteiger partial charge in [-0.15, -0.1) is 0 Å². The number of piperazine rings is 1. The molecule has 0 saturated carbocycles. The van der Waals surface area contributed by atoms with Crippen LogP contribution in [-0.4, -0.2) is 86.9 Å². The number of benzene rings is 3. The minimum Gasteiger partial charge on any atom is -0.380 e. The van der Waals surface area contributed by atoms with E-state index >= 15 is 0 Å². The Bertz CT molecular complexity index is 1390. The van der Waals surface area contributed by atoms with Gasteiger partial charge in [0.1, 0.15) is 5.92 Å². The number of carbonyl (C=O) groups excluding carboxylic acids is 2. The first-order chi connectivity index (χ1) is 19.9. The summed E-state index contributed by atoms with van der Waals surface area (Å²) < 4.78 is 5.46. The van der Waals surface area contributed by atoms with Crippen molar-refractivity contribution in [2.24, 2.45) is 4.99 Å². The SMILES string of the molecule is CCOCCN1CCN(CC(=O)N(C)c2ccc(N=C(c3ccccc3)C3C(=O)Nc4cc(Cl)ccc43)cc2)CC1. The van der Waals surface area contributed by atoms with E-state index in [1.165, 1.54) is 0 Å². The molecule has 1 fully saturated rings. The largest absolute Gasteiger partial charge is 0.380 e. The molecular weight excluding hydrogens is 538 g/mol. The smallest absolute Gasteiger partial charge is 0.240 e. The second kappa shape index (κ2) is 13.4. The van der Waals surface area contributed by atoms with Gasteiger partial charge in [0.15, 0.2) is 0 Å². The Balaban J connectivity index is 1.28. The van der Waals surface area contributed by atoms with Crippen molar-refractivity contribution in [3.05, 3.63) is 88.9 Å². The van der Waals surface area contributed by atoms with Crippen molar-refractivity contribution in [3.63, 3.8) is 0 Å². The molecular formula is C32H36ClN5O3. The van der Waals surface area contributed by atoms with Crippen molar-refractivity contribution in [1.29, 1.82) is 0 Å². The van der Waals surface area contributed by atoms with Crippen LogP contribution in [0.3, 0.4) is 0 Å². The molecule has 0 aliphatic carbocycles. The average molecular weight is 574 g/mol. The second-order valence-corrected chi connectivity index (χ2v) is 10.7. The van der Waals surface area contributed by atoms with Crippen LogP contribution in [0.4, 0.5) is 17.1 Å². The van der Waals surface area contributed by atoms with Gasteiger partial charge in [0.25, 0.3) is 0 Å². The third kappa shape index (κ3) is 7.02. The monoisotopic (exact) mass is 573 g/mol. The van der Waals surface area contributed by atoms with E-state index in [9.17, 15) is 9.59 Å². The summed E-state index contributed by atoms with van der Waals surface area (Å²) in [7, 11) is 1.80. The highest BCUT2D eigenvalue weighted by molar-refractivity contribution is 6.31. The Morgan fingerprint density at radius 3 is 2.44 bits per heavy atom. The topological polar surface area (TPSA) is 77.5 Å². The van der Waals surface area contributed by atoms with Crippen molar-refractivity contribution < 1.29 is 14.3 Å². The van der Waals surface area contributed by atoms with E-state index in [0.717, 1.165) is 62.8 Å². The molecule has 2 aliphatic rings. The Morgan fingerprint density at radius 1 is 1.02 bits per heavy atom. The van der Waals surface area contributed by atoms with Crippen LogP contribution in [0.5, 0.6) is 0 Å². The van der Waals surface area contributed by atoms with Gasteiger partial charge in [0, 0.05) is 62.8 Å². The number of nitrogens with one attached hydrogen (secondary N) is 1. The first-order valence-corrected chi connectivity index (χ1v) is 14.4. The summed E-state index contributed by atoms with van der Waals surface area (Å²) in [5.41, 5.74) is 4.57. The van der Waals surface area contributed by atoms with Crippen LogP contribution in [0.2, 0.25) is 5.02 Å². The quantitative estimate of drug-likeness (QED) is 0.278. The summed E-state index contributed by atoms with van der Waals surface area (Å²) in [5.74, 6) is -0.651. The minimum atomic E-state index is -0.562. The molecule has 1 unspecified atom stereocenters. The zero-order chi connectivity index (χ0) is 28.8. The summed E-state index contributed by atoms with van der Waals surface area (Å²) in [6.07, 6.45) is 0. The molecule has 9 heteroatoms. The fourth-order valence-electron chi connectivity index (χ4n) is 5.25. The van der Waals surface area contributed by atoms with Crippen LogP contribution in [0.1, 0.15) is 24.0 Å². The van der Waals surface area contributed by atoms with Crippen molar-refractivity contribution in [2.45, 2.75) is 12.8 Å². The number of anilines is 2. The molecule has 0 radical (unpaired) electrons. The lowest BCUT2D eigenvalue weighted by molar-refractivity contribution is -0.120. The summed E-state index contributed by atoms with van der Waals surface area (Å²) in [4.78, 5) is 37.4. The fraction of sp³-hybridized carbons (Fsp3) is 0.344. The first-order valence-electron chi connectivity index (χ1n) is 14.1. The zero-order valence-corrected chi connectivity index (χ0v) is 24.3. The van der Waals surface area contributed by atoms with Gasteiger partial charge in [-0.3, -0.25) is 24.4 Å². The van der Waals surface area contributed by atoms with E-state index in [4.69, 9.17) is 21.3 Å². The van der Waals surface area contributed by atoms with E-state index in [0.29, 0.717) is 28.7 Å². The van der Waals surface area contributed by atoms with Gasteiger partial charge in [-0.1, -0.05) is 48.0 Å². The molecule has 2 heterocycles. The molecule has 1 saturated heterocycles. The lowest BCUT2D eigenvalue weighted by atomic mass is 9.90. The second-order valence-electron chi connectivity index (χ2n) is 10.3. The van der Waals surface area contributed by atoms with Crippen LogP contribution in [0, 0.1) is 0 Å². The zero-order valence-electron chi connectivity index (χ0n) is 23.6.